The van der Waals surface area contributed by atoms with E-state index < -0.39 is 5.54 Å². The molecule has 4 aromatic rings. The number of carbonyl (C=O) groups excluding carboxylic acids is 2. The zero-order chi connectivity index (χ0) is 27.4. The van der Waals surface area contributed by atoms with Crippen molar-refractivity contribution in [3.63, 3.8) is 0 Å². The highest BCUT2D eigenvalue weighted by molar-refractivity contribution is 6.09. The second-order valence-electron chi connectivity index (χ2n) is 10.3. The Hall–Kier alpha value is -4.44. The molecule has 0 spiro atoms. The van der Waals surface area contributed by atoms with Crippen LogP contribution in [0.4, 0.5) is 4.79 Å². The van der Waals surface area contributed by atoms with Gasteiger partial charge in [-0.3, -0.25) is 9.69 Å². The number of amides is 3. The molecular weight excluding hydrogens is 486 g/mol. The Morgan fingerprint density at radius 3 is 2.51 bits per heavy atom. The molecule has 1 aliphatic rings. The van der Waals surface area contributed by atoms with Crippen molar-refractivity contribution in [2.24, 2.45) is 0 Å². The van der Waals surface area contributed by atoms with Gasteiger partial charge < -0.3 is 9.88 Å². The third-order valence-electron chi connectivity index (χ3n) is 7.68. The predicted molar refractivity (Wildman–Crippen MR) is 151 cm³/mol. The molecule has 7 nitrogen and oxygen atoms in total. The number of unbranched alkanes of at least 4 members (excludes halogenated alkanes) is 1. The summed E-state index contributed by atoms with van der Waals surface area (Å²) in [5.74, 6) is 0.684. The number of fused-ring (bicyclic) bond motifs is 1. The number of nitriles is 1. The lowest BCUT2D eigenvalue weighted by Crippen LogP contribution is -2.45. The van der Waals surface area contributed by atoms with E-state index in [0.29, 0.717) is 37.9 Å². The van der Waals surface area contributed by atoms with Gasteiger partial charge in [0.25, 0.3) is 5.91 Å². The number of benzene rings is 3. The van der Waals surface area contributed by atoms with E-state index in [4.69, 9.17) is 5.26 Å². The number of aryl methyl sites for hydroxylation is 1. The maximum atomic E-state index is 14.0. The van der Waals surface area contributed by atoms with Crippen LogP contribution >= 0.6 is 0 Å². The molecule has 1 atom stereocenters. The lowest BCUT2D eigenvalue weighted by Gasteiger charge is -2.33. The first-order chi connectivity index (χ1) is 19.0. The van der Waals surface area contributed by atoms with Gasteiger partial charge in [-0.05, 0) is 60.2 Å². The summed E-state index contributed by atoms with van der Waals surface area (Å²) in [6.45, 7) is 4.88. The maximum absolute atomic E-state index is 14.0. The molecule has 7 heteroatoms. The summed E-state index contributed by atoms with van der Waals surface area (Å²) in [6, 6.07) is 23.4. The minimum atomic E-state index is -1.05. The smallest absolute Gasteiger partial charge is 0.327 e. The van der Waals surface area contributed by atoms with Crippen molar-refractivity contribution in [2.75, 3.05) is 13.1 Å². The fraction of sp³-hybridized carbons (Fsp3) is 0.312. The summed E-state index contributed by atoms with van der Waals surface area (Å²) in [6.07, 6.45) is 5.56. The lowest BCUT2D eigenvalue weighted by atomic mass is 9.86. The number of H-pyrrole nitrogens is 1. The van der Waals surface area contributed by atoms with Gasteiger partial charge in [0.05, 0.1) is 11.6 Å². The molecule has 1 saturated heterocycles. The largest absolute Gasteiger partial charge is 0.346 e. The quantitative estimate of drug-likeness (QED) is 0.263. The van der Waals surface area contributed by atoms with Crippen LogP contribution in [0.1, 0.15) is 61.3 Å². The summed E-state index contributed by atoms with van der Waals surface area (Å²) in [5.41, 5.74) is 2.50. The Morgan fingerprint density at radius 2 is 1.74 bits per heavy atom. The van der Waals surface area contributed by atoms with Gasteiger partial charge in [0.15, 0.2) is 0 Å². The molecule has 39 heavy (non-hydrogen) atoms. The van der Waals surface area contributed by atoms with Gasteiger partial charge in [0, 0.05) is 31.4 Å². The number of hydrogen-bond acceptors (Lipinski definition) is 4. The highest BCUT2D eigenvalue weighted by Gasteiger charge is 2.55. The molecule has 0 saturated carbocycles. The van der Waals surface area contributed by atoms with E-state index in [9.17, 15) is 9.59 Å². The number of carbonyl (C=O) groups is 2. The third kappa shape index (κ3) is 5.03. The van der Waals surface area contributed by atoms with Crippen LogP contribution in [0.25, 0.3) is 10.8 Å². The van der Waals surface area contributed by atoms with Crippen LogP contribution in [-0.4, -0.2) is 44.8 Å². The van der Waals surface area contributed by atoms with E-state index in [1.807, 2.05) is 67.7 Å². The highest BCUT2D eigenvalue weighted by atomic mass is 16.2. The van der Waals surface area contributed by atoms with Gasteiger partial charge in [0.1, 0.15) is 11.4 Å². The van der Waals surface area contributed by atoms with Crippen LogP contribution in [0.15, 0.2) is 72.9 Å². The Balaban J connectivity index is 1.30. The van der Waals surface area contributed by atoms with E-state index in [1.165, 1.54) is 4.90 Å². The van der Waals surface area contributed by atoms with Gasteiger partial charge in [0.2, 0.25) is 0 Å². The first-order valence-corrected chi connectivity index (χ1v) is 13.6. The number of aromatic nitrogens is 2. The molecule has 1 N–H and O–H groups in total. The van der Waals surface area contributed by atoms with Gasteiger partial charge in [-0.25, -0.2) is 9.78 Å². The number of hydrogen-bond donors (Lipinski definition) is 1. The molecule has 3 amide bonds. The lowest BCUT2D eigenvalue weighted by molar-refractivity contribution is -0.133. The zero-order valence-corrected chi connectivity index (χ0v) is 22.5. The third-order valence-corrected chi connectivity index (χ3v) is 7.68. The average Bonchev–Trinajstić information content (AvgIpc) is 3.48. The van der Waals surface area contributed by atoms with Crippen molar-refractivity contribution in [3.8, 4) is 6.07 Å². The Labute approximate surface area is 229 Å². The number of nitrogens with one attached hydrogen (secondary N) is 1. The van der Waals surface area contributed by atoms with Crippen molar-refractivity contribution in [2.45, 2.75) is 51.5 Å². The average molecular weight is 520 g/mol. The molecule has 2 heterocycles. The molecule has 1 fully saturated rings. The number of imidazole rings is 1. The number of imide groups is 1. The van der Waals surface area contributed by atoms with Crippen LogP contribution < -0.4 is 0 Å². The van der Waals surface area contributed by atoms with Gasteiger partial charge in [-0.2, -0.15) is 5.26 Å². The normalized spacial score (nSPS) is 17.3. The van der Waals surface area contributed by atoms with Gasteiger partial charge >= 0.3 is 6.03 Å². The highest BCUT2D eigenvalue weighted by Crippen LogP contribution is 2.40. The minimum Gasteiger partial charge on any atom is -0.346 e. The fourth-order valence-electron chi connectivity index (χ4n) is 5.49. The fourth-order valence-corrected chi connectivity index (χ4v) is 5.49. The number of urea groups is 1. The van der Waals surface area contributed by atoms with Crippen molar-refractivity contribution in [1.82, 2.24) is 19.8 Å². The first kappa shape index (κ1) is 26.2. The molecule has 5 rings (SSSR count). The van der Waals surface area contributed by atoms with Crippen LogP contribution in [0.2, 0.25) is 0 Å². The van der Waals surface area contributed by atoms with E-state index in [-0.39, 0.29) is 11.9 Å². The molecule has 0 bridgehead atoms. The van der Waals surface area contributed by atoms with Crippen molar-refractivity contribution >= 4 is 22.7 Å². The van der Waals surface area contributed by atoms with E-state index in [2.05, 4.69) is 23.0 Å². The van der Waals surface area contributed by atoms with Gasteiger partial charge in [-0.15, -0.1) is 0 Å². The first-order valence-electron chi connectivity index (χ1n) is 13.6. The number of aromatic amines is 1. The second-order valence-corrected chi connectivity index (χ2v) is 10.3. The molecule has 198 valence electrons. The Morgan fingerprint density at radius 1 is 0.974 bits per heavy atom. The summed E-state index contributed by atoms with van der Waals surface area (Å²) >= 11 is 0. The summed E-state index contributed by atoms with van der Waals surface area (Å²) in [5, 5.41) is 11.0. The van der Waals surface area contributed by atoms with Crippen LogP contribution in [0.5, 0.6) is 0 Å². The summed E-state index contributed by atoms with van der Waals surface area (Å²) in [4.78, 5) is 38.7. The van der Waals surface area contributed by atoms with Crippen molar-refractivity contribution in [1.29, 1.82) is 5.26 Å². The molecule has 0 aliphatic carbocycles. The predicted octanol–water partition coefficient (Wildman–Crippen LogP) is 5.94. The topological polar surface area (TPSA) is 93.1 Å². The van der Waals surface area contributed by atoms with Gasteiger partial charge in [-0.1, -0.05) is 67.9 Å². The number of nitrogens with zero attached hydrogens (tertiary/aromatic N) is 4. The van der Waals surface area contributed by atoms with E-state index in [1.54, 1.807) is 17.0 Å². The molecule has 1 aromatic heterocycles. The molecule has 0 radical (unpaired) electrons. The standard InChI is InChI=1S/C32H33N5O2/c1-3-4-19-37-31(39)36(30(38)32(37,2)28-13-7-10-25-9-5-6-12-27(25)28)18-8-11-26-22-34-29(35-26)20-23-14-16-24(21-33)17-15-23/h5-7,9-10,12-17,22H,3-4,8,11,18-20H2,1-2H3,(H,34,35). The Kier molecular flexibility index (Phi) is 7.47. The van der Waals surface area contributed by atoms with Crippen molar-refractivity contribution < 1.29 is 9.59 Å². The van der Waals surface area contributed by atoms with Crippen LogP contribution in [-0.2, 0) is 23.2 Å². The van der Waals surface area contributed by atoms with Crippen molar-refractivity contribution in [3.05, 3.63) is 101 Å². The molecule has 3 aromatic carbocycles. The van der Waals surface area contributed by atoms with Crippen LogP contribution in [0, 0.1) is 11.3 Å². The maximum Gasteiger partial charge on any atom is 0.327 e. The van der Waals surface area contributed by atoms with E-state index >= 15 is 0 Å². The monoisotopic (exact) mass is 519 g/mol. The summed E-state index contributed by atoms with van der Waals surface area (Å²) < 4.78 is 0. The SMILES string of the molecule is CCCCN1C(=O)N(CCCc2cnc(Cc3ccc(C#N)cc3)[nH]2)C(=O)C1(C)c1cccc2ccccc12. The van der Waals surface area contributed by atoms with E-state index in [0.717, 1.165) is 46.3 Å². The Bertz CT molecular complexity index is 1530. The molecule has 1 aliphatic heterocycles. The second kappa shape index (κ2) is 11.1. The summed E-state index contributed by atoms with van der Waals surface area (Å²) in [7, 11) is 0. The molecule has 1 unspecified atom stereocenters. The molecular formula is C32H33N5O2. The minimum absolute atomic E-state index is 0.161. The zero-order valence-electron chi connectivity index (χ0n) is 22.5. The van der Waals surface area contributed by atoms with Crippen LogP contribution in [0.3, 0.4) is 0 Å². The number of rotatable bonds is 10.